The highest BCUT2D eigenvalue weighted by Crippen LogP contribution is 2.37. The van der Waals surface area contributed by atoms with Crippen molar-refractivity contribution in [1.29, 1.82) is 5.26 Å². The fourth-order valence-corrected chi connectivity index (χ4v) is 4.03. The predicted octanol–water partition coefficient (Wildman–Crippen LogP) is 1.52. The molecule has 1 N–H and O–H groups in total. The Hall–Kier alpha value is -2.86. The quantitative estimate of drug-likeness (QED) is 0.895. The van der Waals surface area contributed by atoms with Crippen molar-refractivity contribution in [2.24, 2.45) is 7.05 Å². The molecule has 8 nitrogen and oxygen atoms in total. The summed E-state index contributed by atoms with van der Waals surface area (Å²) in [6, 6.07) is 2.18. The van der Waals surface area contributed by atoms with Crippen LogP contribution in [0.3, 0.4) is 0 Å². The van der Waals surface area contributed by atoms with Crippen LogP contribution in [-0.2, 0) is 24.8 Å². The standard InChI is InChI=1S/C16H17N5O3S/c1-9(22)21-5-4-10-11(6-17)16(25-13(10)8-21)18-14(23)12-7-20(2)19-15(12)24-3/h7H,4-5,8H2,1-3H3,(H,18,23). The van der Waals surface area contributed by atoms with E-state index in [0.717, 1.165) is 10.4 Å². The molecule has 0 spiro atoms. The topological polar surface area (TPSA) is 100 Å². The second-order valence-electron chi connectivity index (χ2n) is 5.69. The van der Waals surface area contributed by atoms with Gasteiger partial charge in [0.15, 0.2) is 0 Å². The molecule has 2 amide bonds. The van der Waals surface area contributed by atoms with E-state index in [4.69, 9.17) is 4.74 Å². The molecule has 1 aliphatic heterocycles. The molecule has 3 rings (SSSR count). The van der Waals surface area contributed by atoms with Crippen LogP contribution >= 0.6 is 11.3 Å². The van der Waals surface area contributed by atoms with E-state index in [0.29, 0.717) is 35.6 Å². The smallest absolute Gasteiger partial charge is 0.263 e. The molecule has 0 bridgehead atoms. The maximum atomic E-state index is 12.5. The number of carbonyl (C=O) groups excluding carboxylic acids is 2. The van der Waals surface area contributed by atoms with Gasteiger partial charge < -0.3 is 15.0 Å². The highest BCUT2D eigenvalue weighted by Gasteiger charge is 2.27. The van der Waals surface area contributed by atoms with Gasteiger partial charge >= 0.3 is 0 Å². The normalized spacial score (nSPS) is 13.1. The number of rotatable bonds is 3. The van der Waals surface area contributed by atoms with Gasteiger partial charge in [-0.1, -0.05) is 0 Å². The Morgan fingerprint density at radius 1 is 1.48 bits per heavy atom. The second kappa shape index (κ2) is 6.57. The molecule has 0 atom stereocenters. The summed E-state index contributed by atoms with van der Waals surface area (Å²) in [6.07, 6.45) is 2.17. The first-order valence-electron chi connectivity index (χ1n) is 7.63. The van der Waals surface area contributed by atoms with Crippen LogP contribution in [0.4, 0.5) is 5.00 Å². The number of carbonyl (C=O) groups is 2. The molecule has 0 aromatic carbocycles. The van der Waals surface area contributed by atoms with Gasteiger partial charge in [0.2, 0.25) is 11.8 Å². The highest BCUT2D eigenvalue weighted by molar-refractivity contribution is 7.16. The molecular formula is C16H17N5O3S. The summed E-state index contributed by atoms with van der Waals surface area (Å²) in [5.74, 6) is -0.158. The van der Waals surface area contributed by atoms with Gasteiger partial charge in [0.25, 0.3) is 5.91 Å². The zero-order valence-corrected chi connectivity index (χ0v) is 14.9. The van der Waals surface area contributed by atoms with E-state index in [2.05, 4.69) is 16.5 Å². The average Bonchev–Trinajstić information content (AvgIpc) is 3.13. The summed E-state index contributed by atoms with van der Waals surface area (Å²) < 4.78 is 6.59. The summed E-state index contributed by atoms with van der Waals surface area (Å²) in [5, 5.41) is 16.8. The zero-order valence-electron chi connectivity index (χ0n) is 14.1. The minimum absolute atomic E-state index is 0.00300. The largest absolute Gasteiger partial charge is 0.479 e. The van der Waals surface area contributed by atoms with Gasteiger partial charge in [-0.2, -0.15) is 5.26 Å². The average molecular weight is 359 g/mol. The van der Waals surface area contributed by atoms with Crippen LogP contribution in [0.5, 0.6) is 5.88 Å². The van der Waals surface area contributed by atoms with Crippen molar-refractivity contribution in [3.05, 3.63) is 27.8 Å². The fourth-order valence-electron chi connectivity index (χ4n) is 2.82. The van der Waals surface area contributed by atoms with Gasteiger partial charge in [0.05, 0.1) is 19.2 Å². The lowest BCUT2D eigenvalue weighted by Crippen LogP contribution is -2.33. The number of hydrogen-bond donors (Lipinski definition) is 1. The van der Waals surface area contributed by atoms with Crippen LogP contribution in [0, 0.1) is 11.3 Å². The number of nitrogens with one attached hydrogen (secondary N) is 1. The van der Waals surface area contributed by atoms with Crippen LogP contribution in [0.2, 0.25) is 0 Å². The molecule has 9 heteroatoms. The Labute approximate surface area is 148 Å². The van der Waals surface area contributed by atoms with Crippen molar-refractivity contribution in [2.45, 2.75) is 19.9 Å². The van der Waals surface area contributed by atoms with Gasteiger partial charge in [0, 0.05) is 31.6 Å². The van der Waals surface area contributed by atoms with E-state index in [1.165, 1.54) is 30.1 Å². The van der Waals surface area contributed by atoms with E-state index in [-0.39, 0.29) is 17.7 Å². The summed E-state index contributed by atoms with van der Waals surface area (Å²) in [5.41, 5.74) is 1.68. The number of methoxy groups -OCH3 is 1. The number of aromatic nitrogens is 2. The third-order valence-electron chi connectivity index (χ3n) is 4.07. The minimum atomic E-state index is -0.386. The van der Waals surface area contributed by atoms with Crippen molar-refractivity contribution in [3.8, 4) is 11.9 Å². The third kappa shape index (κ3) is 3.08. The Morgan fingerprint density at radius 3 is 2.88 bits per heavy atom. The predicted molar refractivity (Wildman–Crippen MR) is 91.5 cm³/mol. The number of ether oxygens (including phenoxy) is 1. The lowest BCUT2D eigenvalue weighted by molar-refractivity contribution is -0.129. The Balaban J connectivity index is 1.90. The van der Waals surface area contributed by atoms with Crippen LogP contribution in [0.25, 0.3) is 0 Å². The van der Waals surface area contributed by atoms with E-state index < -0.39 is 0 Å². The van der Waals surface area contributed by atoms with Crippen LogP contribution in [-0.4, -0.2) is 40.1 Å². The molecule has 0 fully saturated rings. The van der Waals surface area contributed by atoms with E-state index in [1.807, 2.05) is 0 Å². The molecule has 0 radical (unpaired) electrons. The van der Waals surface area contributed by atoms with Gasteiger partial charge in [-0.3, -0.25) is 14.3 Å². The summed E-state index contributed by atoms with van der Waals surface area (Å²) in [7, 11) is 3.14. The van der Waals surface area contributed by atoms with Crippen molar-refractivity contribution in [2.75, 3.05) is 19.0 Å². The monoisotopic (exact) mass is 359 g/mol. The number of fused-ring (bicyclic) bond motifs is 1. The van der Waals surface area contributed by atoms with Crippen LogP contribution in [0.15, 0.2) is 6.20 Å². The van der Waals surface area contributed by atoms with Gasteiger partial charge in [-0.15, -0.1) is 16.4 Å². The number of amides is 2. The molecule has 0 saturated heterocycles. The minimum Gasteiger partial charge on any atom is -0.479 e. The molecule has 0 saturated carbocycles. The molecule has 130 valence electrons. The van der Waals surface area contributed by atoms with E-state index in [1.54, 1.807) is 18.1 Å². The maximum Gasteiger partial charge on any atom is 0.263 e. The number of nitrogens with zero attached hydrogens (tertiary/aromatic N) is 4. The first kappa shape index (κ1) is 17.0. The zero-order chi connectivity index (χ0) is 18.1. The Kier molecular flexibility index (Phi) is 4.46. The molecule has 1 aliphatic rings. The molecule has 0 aliphatic carbocycles. The fraction of sp³-hybridized carbons (Fsp3) is 0.375. The number of nitriles is 1. The van der Waals surface area contributed by atoms with Crippen LogP contribution < -0.4 is 10.1 Å². The number of aryl methyl sites for hydroxylation is 1. The first-order valence-corrected chi connectivity index (χ1v) is 8.45. The van der Waals surface area contributed by atoms with Crippen molar-refractivity contribution in [3.63, 3.8) is 0 Å². The molecule has 2 aromatic rings. The van der Waals surface area contributed by atoms with Crippen molar-refractivity contribution in [1.82, 2.24) is 14.7 Å². The van der Waals surface area contributed by atoms with Gasteiger partial charge in [-0.25, -0.2) is 0 Å². The second-order valence-corrected chi connectivity index (χ2v) is 6.80. The van der Waals surface area contributed by atoms with Crippen LogP contribution in [0.1, 0.15) is 33.3 Å². The Bertz CT molecular complexity index is 892. The van der Waals surface area contributed by atoms with E-state index >= 15 is 0 Å². The van der Waals surface area contributed by atoms with Crippen molar-refractivity contribution < 1.29 is 14.3 Å². The molecule has 0 unspecified atom stereocenters. The number of anilines is 1. The molecule has 25 heavy (non-hydrogen) atoms. The molecule has 2 aromatic heterocycles. The molecule has 3 heterocycles. The Morgan fingerprint density at radius 2 is 2.24 bits per heavy atom. The molecular weight excluding hydrogens is 342 g/mol. The SMILES string of the molecule is COc1nn(C)cc1C(=O)Nc1sc2c(c1C#N)CCN(C(C)=O)C2. The summed E-state index contributed by atoms with van der Waals surface area (Å²) >= 11 is 1.33. The lowest BCUT2D eigenvalue weighted by atomic mass is 10.0. The lowest BCUT2D eigenvalue weighted by Gasteiger charge is -2.25. The first-order chi connectivity index (χ1) is 11.9. The van der Waals surface area contributed by atoms with E-state index in [9.17, 15) is 14.9 Å². The van der Waals surface area contributed by atoms with Crippen molar-refractivity contribution >= 4 is 28.2 Å². The number of hydrogen-bond acceptors (Lipinski definition) is 6. The highest BCUT2D eigenvalue weighted by atomic mass is 32.1. The summed E-state index contributed by atoms with van der Waals surface area (Å²) in [6.45, 7) is 2.58. The maximum absolute atomic E-state index is 12.5. The van der Waals surface area contributed by atoms with Gasteiger partial charge in [0.1, 0.15) is 16.6 Å². The van der Waals surface area contributed by atoms with Gasteiger partial charge in [-0.05, 0) is 12.0 Å². The number of thiophene rings is 1. The summed E-state index contributed by atoms with van der Waals surface area (Å²) in [4.78, 5) is 26.8. The third-order valence-corrected chi connectivity index (χ3v) is 5.21.